The maximum Gasteiger partial charge on any atom is 0.573 e. The molecule has 0 aliphatic heterocycles. The van der Waals surface area contributed by atoms with Gasteiger partial charge in [0.25, 0.3) is 0 Å². The number of methoxy groups -OCH3 is 1. The van der Waals surface area contributed by atoms with E-state index in [1.54, 1.807) is 0 Å². The first-order chi connectivity index (χ1) is 7.81. The lowest BCUT2D eigenvalue weighted by Gasteiger charge is -2.12. The molecular weight excluding hydrogens is 243 g/mol. The van der Waals surface area contributed by atoms with E-state index in [0.717, 1.165) is 18.2 Å². The predicted molar refractivity (Wildman–Crippen MR) is 49.9 cm³/mol. The van der Waals surface area contributed by atoms with Crippen molar-refractivity contribution in [2.24, 2.45) is 5.73 Å². The molecular formula is C9H8F3NO4. The lowest BCUT2D eigenvalue weighted by atomic mass is 10.3. The zero-order valence-electron chi connectivity index (χ0n) is 8.58. The van der Waals surface area contributed by atoms with Crippen molar-refractivity contribution in [3.8, 4) is 17.2 Å². The van der Waals surface area contributed by atoms with Crippen LogP contribution >= 0.6 is 0 Å². The number of nitrogens with two attached hydrogens (primary N) is 1. The number of carbonyl (C=O) groups is 1. The second kappa shape index (κ2) is 4.81. The van der Waals surface area contributed by atoms with Crippen LogP contribution in [0, 0.1) is 0 Å². The number of alkyl halides is 3. The first-order valence-corrected chi connectivity index (χ1v) is 4.23. The van der Waals surface area contributed by atoms with E-state index in [4.69, 9.17) is 10.5 Å². The Labute approximate surface area is 93.9 Å². The summed E-state index contributed by atoms with van der Waals surface area (Å²) in [5.74, 6) is -0.755. The number of hydrogen-bond donors (Lipinski definition) is 1. The Kier molecular flexibility index (Phi) is 3.66. The molecule has 0 heterocycles. The normalized spacial score (nSPS) is 10.8. The van der Waals surface area contributed by atoms with Gasteiger partial charge in [-0.05, 0) is 12.1 Å². The molecule has 0 radical (unpaired) electrons. The van der Waals surface area contributed by atoms with Crippen molar-refractivity contribution in [2.45, 2.75) is 6.36 Å². The molecule has 2 N–H and O–H groups in total. The fraction of sp³-hybridized carbons (Fsp3) is 0.222. The molecule has 1 aromatic rings. The molecule has 1 amide bonds. The average Bonchev–Trinajstić information content (AvgIpc) is 2.14. The minimum Gasteiger partial charge on any atom is -0.493 e. The number of carbonyl (C=O) groups excluding carboxylic acids is 1. The van der Waals surface area contributed by atoms with Gasteiger partial charge in [-0.15, -0.1) is 13.2 Å². The van der Waals surface area contributed by atoms with E-state index < -0.39 is 18.2 Å². The number of halogens is 3. The summed E-state index contributed by atoms with van der Waals surface area (Å²) >= 11 is 0. The number of amides is 1. The number of primary amides is 1. The summed E-state index contributed by atoms with van der Waals surface area (Å²) in [5, 5.41) is 0. The SMILES string of the molecule is COc1ccc(OC(F)(F)F)cc1OC(N)=O. The Morgan fingerprint density at radius 3 is 2.41 bits per heavy atom. The number of ether oxygens (including phenoxy) is 3. The summed E-state index contributed by atoms with van der Waals surface area (Å²) in [6.45, 7) is 0. The molecule has 0 aliphatic rings. The van der Waals surface area contributed by atoms with Gasteiger partial charge in [0.15, 0.2) is 11.5 Å². The van der Waals surface area contributed by atoms with E-state index in [-0.39, 0.29) is 11.5 Å². The molecule has 0 fully saturated rings. The summed E-state index contributed by atoms with van der Waals surface area (Å²) < 4.78 is 48.7. The maximum absolute atomic E-state index is 11.9. The van der Waals surface area contributed by atoms with Crippen LogP contribution < -0.4 is 19.9 Å². The van der Waals surface area contributed by atoms with E-state index in [0.29, 0.717) is 0 Å². The van der Waals surface area contributed by atoms with Crippen molar-refractivity contribution in [3.05, 3.63) is 18.2 Å². The molecule has 0 atom stereocenters. The van der Waals surface area contributed by atoms with Crippen LogP contribution in [0.1, 0.15) is 0 Å². The molecule has 0 saturated carbocycles. The van der Waals surface area contributed by atoms with Gasteiger partial charge in [0, 0.05) is 6.07 Å². The third kappa shape index (κ3) is 4.09. The van der Waals surface area contributed by atoms with Gasteiger partial charge in [-0.2, -0.15) is 0 Å². The van der Waals surface area contributed by atoms with Gasteiger partial charge in [0.1, 0.15) is 5.75 Å². The Balaban J connectivity index is 3.00. The van der Waals surface area contributed by atoms with E-state index in [1.165, 1.54) is 7.11 Å². The molecule has 0 bridgehead atoms. The second-order valence-electron chi connectivity index (χ2n) is 2.78. The molecule has 0 aromatic heterocycles. The molecule has 0 aliphatic carbocycles. The lowest BCUT2D eigenvalue weighted by Crippen LogP contribution is -2.18. The van der Waals surface area contributed by atoms with Crippen molar-refractivity contribution in [3.63, 3.8) is 0 Å². The Morgan fingerprint density at radius 1 is 1.29 bits per heavy atom. The van der Waals surface area contributed by atoms with E-state index >= 15 is 0 Å². The first-order valence-electron chi connectivity index (χ1n) is 4.23. The molecule has 5 nitrogen and oxygen atoms in total. The van der Waals surface area contributed by atoms with E-state index in [9.17, 15) is 18.0 Å². The average molecular weight is 251 g/mol. The van der Waals surface area contributed by atoms with Crippen molar-refractivity contribution in [1.29, 1.82) is 0 Å². The van der Waals surface area contributed by atoms with Crippen LogP contribution in [0.4, 0.5) is 18.0 Å². The predicted octanol–water partition coefficient (Wildman–Crippen LogP) is 2.05. The number of hydrogen-bond acceptors (Lipinski definition) is 4. The van der Waals surface area contributed by atoms with Crippen LogP contribution in [0.5, 0.6) is 17.2 Å². The highest BCUT2D eigenvalue weighted by Crippen LogP contribution is 2.33. The zero-order valence-corrected chi connectivity index (χ0v) is 8.58. The molecule has 0 unspecified atom stereocenters. The smallest absolute Gasteiger partial charge is 0.493 e. The molecule has 17 heavy (non-hydrogen) atoms. The fourth-order valence-electron chi connectivity index (χ4n) is 1.04. The molecule has 8 heteroatoms. The minimum atomic E-state index is -4.83. The summed E-state index contributed by atoms with van der Waals surface area (Å²) in [6.07, 6.45) is -6.01. The second-order valence-corrected chi connectivity index (χ2v) is 2.78. The lowest BCUT2D eigenvalue weighted by molar-refractivity contribution is -0.274. The standard InChI is InChI=1S/C9H8F3NO4/c1-15-6-3-2-5(17-9(10,11)12)4-7(6)16-8(13)14/h2-4H,1H3,(H2,13,14). The molecule has 1 rings (SSSR count). The highest BCUT2D eigenvalue weighted by molar-refractivity contribution is 5.69. The fourth-order valence-corrected chi connectivity index (χ4v) is 1.04. The van der Waals surface area contributed by atoms with Crippen LogP contribution in [0.2, 0.25) is 0 Å². The van der Waals surface area contributed by atoms with Crippen LogP contribution in [0.3, 0.4) is 0 Å². The van der Waals surface area contributed by atoms with Gasteiger partial charge in [-0.1, -0.05) is 0 Å². The highest BCUT2D eigenvalue weighted by Gasteiger charge is 2.31. The maximum atomic E-state index is 11.9. The summed E-state index contributed by atoms with van der Waals surface area (Å²) in [4.78, 5) is 10.5. The van der Waals surface area contributed by atoms with Crippen molar-refractivity contribution < 1.29 is 32.2 Å². The minimum absolute atomic E-state index is 0.0540. The molecule has 1 aromatic carbocycles. The van der Waals surface area contributed by atoms with Gasteiger partial charge < -0.3 is 19.9 Å². The van der Waals surface area contributed by atoms with Gasteiger partial charge in [0.05, 0.1) is 7.11 Å². The highest BCUT2D eigenvalue weighted by atomic mass is 19.4. The van der Waals surface area contributed by atoms with Crippen molar-refractivity contribution in [2.75, 3.05) is 7.11 Å². The third-order valence-electron chi connectivity index (χ3n) is 1.58. The van der Waals surface area contributed by atoms with Crippen molar-refractivity contribution >= 4 is 6.09 Å². The molecule has 0 saturated heterocycles. The first kappa shape index (κ1) is 12.9. The van der Waals surface area contributed by atoms with E-state index in [2.05, 4.69) is 9.47 Å². The topological polar surface area (TPSA) is 70.8 Å². The van der Waals surface area contributed by atoms with Crippen LogP contribution in [-0.2, 0) is 0 Å². The Morgan fingerprint density at radius 2 is 1.94 bits per heavy atom. The summed E-state index contributed by atoms with van der Waals surface area (Å²) in [6, 6.07) is 3.01. The van der Waals surface area contributed by atoms with Crippen LogP contribution in [0.25, 0.3) is 0 Å². The van der Waals surface area contributed by atoms with Crippen LogP contribution in [-0.4, -0.2) is 19.6 Å². The van der Waals surface area contributed by atoms with Gasteiger partial charge in [-0.3, -0.25) is 0 Å². The van der Waals surface area contributed by atoms with Crippen LogP contribution in [0.15, 0.2) is 18.2 Å². The van der Waals surface area contributed by atoms with Crippen molar-refractivity contribution in [1.82, 2.24) is 0 Å². The van der Waals surface area contributed by atoms with E-state index in [1.807, 2.05) is 0 Å². The summed E-state index contributed by atoms with van der Waals surface area (Å²) in [5.41, 5.74) is 4.75. The van der Waals surface area contributed by atoms with Gasteiger partial charge in [-0.25, -0.2) is 4.79 Å². The Bertz CT molecular complexity index is 419. The largest absolute Gasteiger partial charge is 0.573 e. The van der Waals surface area contributed by atoms with Gasteiger partial charge in [0.2, 0.25) is 0 Å². The Hall–Kier alpha value is -2.12. The molecule has 0 spiro atoms. The quantitative estimate of drug-likeness (QED) is 0.892. The number of rotatable bonds is 3. The monoisotopic (exact) mass is 251 g/mol. The van der Waals surface area contributed by atoms with Gasteiger partial charge >= 0.3 is 12.5 Å². The zero-order chi connectivity index (χ0) is 13.1. The summed E-state index contributed by atoms with van der Waals surface area (Å²) in [7, 11) is 1.26. The third-order valence-corrected chi connectivity index (χ3v) is 1.58. The number of benzene rings is 1. The molecule has 94 valence electrons.